The van der Waals surface area contributed by atoms with Gasteiger partial charge in [-0.2, -0.15) is 18.4 Å². The number of oxime groups is 1. The van der Waals surface area contributed by atoms with E-state index in [2.05, 4.69) is 21.5 Å². The SMILES string of the molecule is N#CC(NCc1ccccn1)c1ccc(C2=NOC(c3cc(Cl)cc(Cl)c3)(C(F)(F)F)C2)cc1. The first kappa shape index (κ1) is 24.0. The van der Waals surface area contributed by atoms with Gasteiger partial charge in [-0.25, -0.2) is 0 Å². The van der Waals surface area contributed by atoms with Crippen LogP contribution < -0.4 is 5.32 Å². The van der Waals surface area contributed by atoms with E-state index in [0.717, 1.165) is 5.69 Å². The summed E-state index contributed by atoms with van der Waals surface area (Å²) in [7, 11) is 0. The molecule has 174 valence electrons. The van der Waals surface area contributed by atoms with E-state index in [-0.39, 0.29) is 21.3 Å². The summed E-state index contributed by atoms with van der Waals surface area (Å²) in [5.41, 5.74) is -0.920. The van der Waals surface area contributed by atoms with E-state index in [0.29, 0.717) is 17.7 Å². The van der Waals surface area contributed by atoms with Crippen molar-refractivity contribution in [2.24, 2.45) is 5.16 Å². The van der Waals surface area contributed by atoms with Gasteiger partial charge in [0, 0.05) is 34.8 Å². The fraction of sp³-hybridized carbons (Fsp3) is 0.208. The average molecular weight is 505 g/mol. The number of alkyl halides is 3. The molecule has 0 aliphatic carbocycles. The van der Waals surface area contributed by atoms with Gasteiger partial charge in [0.2, 0.25) is 0 Å². The van der Waals surface area contributed by atoms with Crippen LogP contribution >= 0.6 is 23.2 Å². The van der Waals surface area contributed by atoms with Crippen molar-refractivity contribution in [1.29, 1.82) is 5.26 Å². The molecular formula is C24H17Cl2F3N4O. The molecule has 3 aromatic rings. The van der Waals surface area contributed by atoms with Crippen LogP contribution in [-0.2, 0) is 17.0 Å². The summed E-state index contributed by atoms with van der Waals surface area (Å²) in [4.78, 5) is 9.23. The van der Waals surface area contributed by atoms with E-state index < -0.39 is 24.2 Å². The molecule has 0 saturated carbocycles. The zero-order valence-corrected chi connectivity index (χ0v) is 19.0. The zero-order chi connectivity index (χ0) is 24.3. The van der Waals surface area contributed by atoms with Gasteiger partial charge in [0.15, 0.2) is 0 Å². The van der Waals surface area contributed by atoms with Crippen LogP contribution in [0.5, 0.6) is 0 Å². The molecule has 1 aromatic heterocycles. The number of hydrogen-bond acceptors (Lipinski definition) is 5. The fourth-order valence-electron chi connectivity index (χ4n) is 3.66. The molecule has 0 bridgehead atoms. The van der Waals surface area contributed by atoms with Gasteiger partial charge in [-0.3, -0.25) is 10.3 Å². The van der Waals surface area contributed by atoms with E-state index in [1.807, 2.05) is 12.1 Å². The number of nitrogens with zero attached hydrogens (tertiary/aromatic N) is 3. The smallest absolute Gasteiger partial charge is 0.374 e. The van der Waals surface area contributed by atoms with E-state index in [1.54, 1.807) is 36.5 Å². The minimum absolute atomic E-state index is 0.0632. The molecule has 5 nitrogen and oxygen atoms in total. The molecular weight excluding hydrogens is 488 g/mol. The lowest BCUT2D eigenvalue weighted by Gasteiger charge is -2.29. The van der Waals surface area contributed by atoms with Gasteiger partial charge in [-0.15, -0.1) is 0 Å². The maximum Gasteiger partial charge on any atom is 0.435 e. The monoisotopic (exact) mass is 504 g/mol. The summed E-state index contributed by atoms with van der Waals surface area (Å²) in [6, 6.07) is 17.3. The van der Waals surface area contributed by atoms with E-state index in [1.165, 1.54) is 18.2 Å². The lowest BCUT2D eigenvalue weighted by molar-refractivity contribution is -0.275. The molecule has 2 heterocycles. The number of pyridine rings is 1. The second-order valence-electron chi connectivity index (χ2n) is 7.68. The topological polar surface area (TPSA) is 70.3 Å². The van der Waals surface area contributed by atoms with Crippen LogP contribution in [0.1, 0.15) is 34.8 Å². The van der Waals surface area contributed by atoms with Crippen LogP contribution in [0.15, 0.2) is 72.0 Å². The summed E-state index contributed by atoms with van der Waals surface area (Å²) in [6.07, 6.45) is -3.66. The molecule has 2 atom stereocenters. The predicted octanol–water partition coefficient (Wildman–Crippen LogP) is 6.33. The normalized spacial score (nSPS) is 18.6. The van der Waals surface area contributed by atoms with Crippen molar-refractivity contribution in [1.82, 2.24) is 10.3 Å². The maximum atomic E-state index is 14.2. The summed E-state index contributed by atoms with van der Waals surface area (Å²) < 4.78 is 42.5. The third-order valence-corrected chi connectivity index (χ3v) is 5.87. The Kier molecular flexibility index (Phi) is 6.80. The zero-order valence-electron chi connectivity index (χ0n) is 17.5. The van der Waals surface area contributed by atoms with Gasteiger partial charge < -0.3 is 4.84 Å². The van der Waals surface area contributed by atoms with Gasteiger partial charge in [0.25, 0.3) is 5.60 Å². The molecule has 2 aromatic carbocycles. The van der Waals surface area contributed by atoms with Crippen molar-refractivity contribution in [3.8, 4) is 6.07 Å². The van der Waals surface area contributed by atoms with Gasteiger partial charge in [0.1, 0.15) is 6.04 Å². The fourth-order valence-corrected chi connectivity index (χ4v) is 4.19. The van der Waals surface area contributed by atoms with Gasteiger partial charge in [-0.1, -0.05) is 58.7 Å². The first-order valence-electron chi connectivity index (χ1n) is 10.1. The number of hydrogen-bond donors (Lipinski definition) is 1. The Morgan fingerprint density at radius 3 is 2.38 bits per heavy atom. The van der Waals surface area contributed by atoms with E-state index >= 15 is 0 Å². The molecule has 1 N–H and O–H groups in total. The second-order valence-corrected chi connectivity index (χ2v) is 8.55. The van der Waals surface area contributed by atoms with Crippen molar-refractivity contribution in [3.63, 3.8) is 0 Å². The number of rotatable bonds is 6. The van der Waals surface area contributed by atoms with Crippen LogP contribution in [0.2, 0.25) is 10.0 Å². The maximum absolute atomic E-state index is 14.2. The molecule has 34 heavy (non-hydrogen) atoms. The molecule has 0 spiro atoms. The van der Waals surface area contributed by atoms with Crippen LogP contribution in [0, 0.1) is 11.3 Å². The van der Waals surface area contributed by atoms with E-state index in [4.69, 9.17) is 28.0 Å². The molecule has 10 heteroatoms. The number of halogens is 5. The van der Waals surface area contributed by atoms with Crippen LogP contribution in [0.3, 0.4) is 0 Å². The molecule has 0 amide bonds. The molecule has 0 fully saturated rings. The van der Waals surface area contributed by atoms with Crippen molar-refractivity contribution in [2.75, 3.05) is 0 Å². The molecule has 4 rings (SSSR count). The number of benzene rings is 2. The highest BCUT2D eigenvalue weighted by atomic mass is 35.5. The average Bonchev–Trinajstić information content (AvgIpc) is 3.27. The highest BCUT2D eigenvalue weighted by Gasteiger charge is 2.62. The Morgan fingerprint density at radius 1 is 1.09 bits per heavy atom. The van der Waals surface area contributed by atoms with Gasteiger partial charge in [0.05, 0.1) is 17.5 Å². The first-order valence-corrected chi connectivity index (χ1v) is 10.9. The van der Waals surface area contributed by atoms with Gasteiger partial charge >= 0.3 is 6.18 Å². The molecule has 1 aliphatic rings. The summed E-state index contributed by atoms with van der Waals surface area (Å²) >= 11 is 11.9. The van der Waals surface area contributed by atoms with Crippen LogP contribution in [0.4, 0.5) is 13.2 Å². The third-order valence-electron chi connectivity index (χ3n) is 5.43. The predicted molar refractivity (Wildman–Crippen MR) is 122 cm³/mol. The quantitative estimate of drug-likeness (QED) is 0.426. The Labute approximate surface area is 203 Å². The lowest BCUT2D eigenvalue weighted by Crippen LogP contribution is -2.42. The minimum atomic E-state index is -4.77. The Hall–Kier alpha value is -3.12. The van der Waals surface area contributed by atoms with Crippen LogP contribution in [-0.4, -0.2) is 16.9 Å². The van der Waals surface area contributed by atoms with Crippen molar-refractivity contribution in [2.45, 2.75) is 30.8 Å². The molecule has 0 radical (unpaired) electrons. The Morgan fingerprint density at radius 2 is 1.79 bits per heavy atom. The van der Waals surface area contributed by atoms with Crippen LogP contribution in [0.25, 0.3) is 0 Å². The Balaban J connectivity index is 1.53. The highest BCUT2D eigenvalue weighted by Crippen LogP contribution is 2.49. The highest BCUT2D eigenvalue weighted by molar-refractivity contribution is 6.34. The number of nitrogens with one attached hydrogen (secondary N) is 1. The number of nitriles is 1. The Bertz CT molecular complexity index is 1220. The third kappa shape index (κ3) is 4.87. The standard InChI is InChI=1S/C24H17Cl2F3N4O/c25-18-9-17(10-19(26)11-18)23(24(27,28)29)12-21(33-34-23)15-4-6-16(7-5-15)22(13-30)32-14-20-3-1-2-8-31-20/h1-11,22,32H,12,14H2. The molecule has 2 unspecified atom stereocenters. The largest absolute Gasteiger partial charge is 0.435 e. The van der Waals surface area contributed by atoms with Crippen molar-refractivity contribution >= 4 is 28.9 Å². The second kappa shape index (κ2) is 9.63. The summed E-state index contributed by atoms with van der Waals surface area (Å²) in [5, 5.41) is 16.5. The first-order chi connectivity index (χ1) is 16.2. The van der Waals surface area contributed by atoms with Crippen molar-refractivity contribution < 1.29 is 18.0 Å². The summed E-state index contributed by atoms with van der Waals surface area (Å²) in [5.74, 6) is 0. The van der Waals surface area contributed by atoms with Gasteiger partial charge in [-0.05, 0) is 41.5 Å². The minimum Gasteiger partial charge on any atom is -0.374 e. The molecule has 0 saturated heterocycles. The molecule has 1 aliphatic heterocycles. The van der Waals surface area contributed by atoms with E-state index in [9.17, 15) is 18.4 Å². The summed E-state index contributed by atoms with van der Waals surface area (Å²) in [6.45, 7) is 0.387. The lowest BCUT2D eigenvalue weighted by atomic mass is 9.86. The van der Waals surface area contributed by atoms with Crippen molar-refractivity contribution in [3.05, 3.63) is 99.3 Å². The number of aromatic nitrogens is 1.